The molecule has 1 aliphatic carbocycles. The molecule has 0 aromatic rings. The van der Waals surface area contributed by atoms with E-state index in [4.69, 9.17) is 0 Å². The third kappa shape index (κ3) is 8.22. The number of aliphatic imine (C=N–C) groups is 1. The van der Waals surface area contributed by atoms with Crippen LogP contribution in [0, 0.1) is 5.92 Å². The Bertz CT molecular complexity index is 384. The molecular weight excluding hydrogens is 432 g/mol. The van der Waals surface area contributed by atoms with Crippen molar-refractivity contribution in [3.05, 3.63) is 0 Å². The maximum absolute atomic E-state index is 12.4. The van der Waals surface area contributed by atoms with Crippen molar-refractivity contribution in [2.75, 3.05) is 32.7 Å². The lowest BCUT2D eigenvalue weighted by Crippen LogP contribution is -2.44. The van der Waals surface area contributed by atoms with E-state index in [1.807, 2.05) is 6.92 Å². The average Bonchev–Trinajstić information content (AvgIpc) is 2.91. The smallest absolute Gasteiger partial charge is 0.357 e. The Hall–Kier alpha value is -0.250. The molecule has 0 aromatic heterocycles. The van der Waals surface area contributed by atoms with Crippen LogP contribution in [0.2, 0.25) is 0 Å². The number of alkyl halides is 3. The molecule has 1 saturated heterocycles. The fraction of sp³-hybridized carbons (Fsp3) is 0.938. The average molecular weight is 462 g/mol. The maximum Gasteiger partial charge on any atom is 0.401 e. The van der Waals surface area contributed by atoms with E-state index in [1.165, 1.54) is 37.0 Å². The second-order valence-corrected chi connectivity index (χ2v) is 6.70. The molecule has 0 bridgehead atoms. The Morgan fingerprint density at radius 2 is 1.88 bits per heavy atom. The van der Waals surface area contributed by atoms with Gasteiger partial charge in [0.15, 0.2) is 5.96 Å². The zero-order valence-corrected chi connectivity index (χ0v) is 16.7. The van der Waals surface area contributed by atoms with Gasteiger partial charge in [-0.1, -0.05) is 19.3 Å². The van der Waals surface area contributed by atoms with Gasteiger partial charge in [-0.25, -0.2) is 0 Å². The highest BCUT2D eigenvalue weighted by Crippen LogP contribution is 2.23. The first kappa shape index (κ1) is 21.8. The van der Waals surface area contributed by atoms with Gasteiger partial charge in [0.25, 0.3) is 0 Å². The van der Waals surface area contributed by atoms with Gasteiger partial charge in [-0.3, -0.25) is 9.89 Å². The van der Waals surface area contributed by atoms with Crippen molar-refractivity contribution in [2.45, 2.75) is 57.7 Å². The van der Waals surface area contributed by atoms with Crippen molar-refractivity contribution in [2.24, 2.45) is 10.9 Å². The molecule has 1 heterocycles. The van der Waals surface area contributed by atoms with E-state index in [1.54, 1.807) is 0 Å². The highest BCUT2D eigenvalue weighted by Gasteiger charge is 2.34. The topological polar surface area (TPSA) is 39.7 Å². The number of halogens is 4. The Balaban J connectivity index is 0.00000288. The summed E-state index contributed by atoms with van der Waals surface area (Å²) in [5, 5.41) is 6.72. The van der Waals surface area contributed by atoms with Crippen molar-refractivity contribution in [1.82, 2.24) is 15.5 Å². The van der Waals surface area contributed by atoms with Gasteiger partial charge in [-0.2, -0.15) is 13.2 Å². The van der Waals surface area contributed by atoms with Crippen molar-refractivity contribution in [3.63, 3.8) is 0 Å². The van der Waals surface area contributed by atoms with E-state index < -0.39 is 12.7 Å². The van der Waals surface area contributed by atoms with E-state index in [-0.39, 0.29) is 29.9 Å². The molecule has 1 atom stereocenters. The summed E-state index contributed by atoms with van der Waals surface area (Å²) < 4.78 is 37.3. The monoisotopic (exact) mass is 462 g/mol. The number of hydrogen-bond donors (Lipinski definition) is 2. The number of likely N-dealkylation sites (tertiary alicyclic amines) is 1. The van der Waals surface area contributed by atoms with Gasteiger partial charge in [-0.15, -0.1) is 24.0 Å². The van der Waals surface area contributed by atoms with Crippen LogP contribution in [0.3, 0.4) is 0 Å². The summed E-state index contributed by atoms with van der Waals surface area (Å²) in [6, 6.07) is 0.479. The second-order valence-electron chi connectivity index (χ2n) is 6.70. The van der Waals surface area contributed by atoms with Crippen LogP contribution < -0.4 is 10.6 Å². The summed E-state index contributed by atoms with van der Waals surface area (Å²) in [4.78, 5) is 6.09. The first-order valence-electron chi connectivity index (χ1n) is 8.80. The van der Waals surface area contributed by atoms with Crippen LogP contribution in [0.1, 0.15) is 45.4 Å². The summed E-state index contributed by atoms with van der Waals surface area (Å²) >= 11 is 0. The van der Waals surface area contributed by atoms with Crippen LogP contribution in [0.15, 0.2) is 4.99 Å². The molecule has 1 unspecified atom stereocenters. The molecule has 1 saturated carbocycles. The first-order valence-corrected chi connectivity index (χ1v) is 8.80. The molecule has 0 aromatic carbocycles. The van der Waals surface area contributed by atoms with Crippen LogP contribution in [0.25, 0.3) is 0 Å². The minimum atomic E-state index is -4.10. The van der Waals surface area contributed by atoms with Crippen molar-refractivity contribution in [1.29, 1.82) is 0 Å². The van der Waals surface area contributed by atoms with Gasteiger partial charge in [-0.05, 0) is 38.6 Å². The minimum absolute atomic E-state index is 0. The van der Waals surface area contributed by atoms with E-state index in [0.717, 1.165) is 18.9 Å². The van der Waals surface area contributed by atoms with E-state index in [2.05, 4.69) is 15.6 Å². The molecule has 24 heavy (non-hydrogen) atoms. The number of rotatable bonds is 5. The van der Waals surface area contributed by atoms with Crippen LogP contribution in [0.5, 0.6) is 0 Å². The normalized spacial score (nSPS) is 23.8. The summed E-state index contributed by atoms with van der Waals surface area (Å²) in [5.74, 6) is 1.04. The van der Waals surface area contributed by atoms with Gasteiger partial charge in [0.05, 0.1) is 6.54 Å². The second kappa shape index (κ2) is 10.7. The fourth-order valence-electron chi connectivity index (χ4n) is 3.44. The summed E-state index contributed by atoms with van der Waals surface area (Å²) in [6.07, 6.45) is 2.86. The molecule has 2 aliphatic rings. The Morgan fingerprint density at radius 3 is 2.50 bits per heavy atom. The maximum atomic E-state index is 12.4. The lowest BCUT2D eigenvalue weighted by molar-refractivity contribution is -0.143. The van der Waals surface area contributed by atoms with Gasteiger partial charge in [0.1, 0.15) is 0 Å². The summed E-state index contributed by atoms with van der Waals surface area (Å²) in [5.41, 5.74) is 0. The molecule has 8 heteroatoms. The molecule has 142 valence electrons. The Labute approximate surface area is 160 Å². The fourth-order valence-corrected chi connectivity index (χ4v) is 3.44. The molecule has 1 aliphatic heterocycles. The number of nitrogens with one attached hydrogen (secondary N) is 2. The third-order valence-electron chi connectivity index (χ3n) is 4.57. The van der Waals surface area contributed by atoms with Crippen molar-refractivity contribution >= 4 is 29.9 Å². The molecular formula is C16H30F3IN4. The SMILES string of the molecule is CCNC(=NCC1CCN(CC(F)(F)F)C1)NC1CCCCC1.I. The lowest BCUT2D eigenvalue weighted by Gasteiger charge is -2.25. The first-order chi connectivity index (χ1) is 11.0. The molecule has 0 spiro atoms. The summed E-state index contributed by atoms with van der Waals surface area (Å²) in [7, 11) is 0. The predicted octanol–water partition coefficient (Wildman–Crippen LogP) is 3.38. The highest BCUT2D eigenvalue weighted by molar-refractivity contribution is 14.0. The molecule has 2 fully saturated rings. The van der Waals surface area contributed by atoms with E-state index >= 15 is 0 Å². The van der Waals surface area contributed by atoms with Gasteiger partial charge >= 0.3 is 6.18 Å². The minimum Gasteiger partial charge on any atom is -0.357 e. The number of guanidine groups is 1. The predicted molar refractivity (Wildman–Crippen MR) is 102 cm³/mol. The standard InChI is InChI=1S/C16H29F3N4.HI/c1-2-20-15(22-14-6-4-3-5-7-14)21-10-13-8-9-23(11-13)12-16(17,18)19;/h13-14H,2-12H2,1H3,(H2,20,21,22);1H. The van der Waals surface area contributed by atoms with Crippen LogP contribution in [0.4, 0.5) is 13.2 Å². The van der Waals surface area contributed by atoms with E-state index in [9.17, 15) is 13.2 Å². The Morgan fingerprint density at radius 1 is 1.17 bits per heavy atom. The number of hydrogen-bond acceptors (Lipinski definition) is 2. The Kier molecular flexibility index (Phi) is 9.69. The number of nitrogens with zero attached hydrogens (tertiary/aromatic N) is 2. The molecule has 0 amide bonds. The van der Waals surface area contributed by atoms with E-state index in [0.29, 0.717) is 25.7 Å². The lowest BCUT2D eigenvalue weighted by atomic mass is 9.96. The zero-order chi connectivity index (χ0) is 16.7. The van der Waals surface area contributed by atoms with Crippen LogP contribution in [-0.4, -0.2) is 55.8 Å². The highest BCUT2D eigenvalue weighted by atomic mass is 127. The van der Waals surface area contributed by atoms with Gasteiger partial charge < -0.3 is 10.6 Å². The quantitative estimate of drug-likeness (QED) is 0.374. The zero-order valence-electron chi connectivity index (χ0n) is 14.4. The third-order valence-corrected chi connectivity index (χ3v) is 4.57. The summed E-state index contributed by atoms with van der Waals surface area (Å²) in [6.45, 7) is 3.63. The largest absolute Gasteiger partial charge is 0.401 e. The molecule has 0 radical (unpaired) electrons. The van der Waals surface area contributed by atoms with Crippen LogP contribution in [-0.2, 0) is 0 Å². The molecule has 2 N–H and O–H groups in total. The van der Waals surface area contributed by atoms with Gasteiger partial charge in [0, 0.05) is 25.7 Å². The van der Waals surface area contributed by atoms with Gasteiger partial charge in [0.2, 0.25) is 0 Å². The molecule has 4 nitrogen and oxygen atoms in total. The van der Waals surface area contributed by atoms with Crippen molar-refractivity contribution < 1.29 is 13.2 Å². The van der Waals surface area contributed by atoms with Crippen molar-refractivity contribution in [3.8, 4) is 0 Å². The van der Waals surface area contributed by atoms with Crippen LogP contribution >= 0.6 is 24.0 Å². The molecule has 2 rings (SSSR count).